The van der Waals surface area contributed by atoms with Crippen molar-refractivity contribution in [1.29, 1.82) is 0 Å². The summed E-state index contributed by atoms with van der Waals surface area (Å²) in [5.74, 6) is 0.132. The van der Waals surface area contributed by atoms with E-state index in [2.05, 4.69) is 15.5 Å². The first-order valence-corrected chi connectivity index (χ1v) is 9.37. The first-order valence-electron chi connectivity index (χ1n) is 8.39. The molecule has 1 heterocycles. The number of aromatic hydroxyl groups is 2. The third-order valence-corrected chi connectivity index (χ3v) is 4.93. The number of carbonyl (C=O) groups excluding carboxylic acids is 1. The fraction of sp³-hybridized carbons (Fsp3) is 0.150. The first-order chi connectivity index (χ1) is 13.5. The van der Waals surface area contributed by atoms with E-state index in [4.69, 9.17) is 4.74 Å². The first kappa shape index (κ1) is 19.5. The van der Waals surface area contributed by atoms with Gasteiger partial charge in [-0.25, -0.2) is 10.4 Å². The smallest absolute Gasteiger partial charge is 0.250 e. The Hall–Kier alpha value is -3.26. The molecule has 0 aliphatic carbocycles. The molecule has 0 fully saturated rings. The van der Waals surface area contributed by atoms with Crippen LogP contribution in [0, 0.1) is 6.92 Å². The molecule has 8 heteroatoms. The molecule has 3 aromatic rings. The standard InChI is InChI=1S/C20H19N3O4S/c1-12-8-18(14-4-3-5-17(27-2)20(14)22-12)28-11-19(26)23-21-10-13-6-7-15(24)16(25)9-13/h3-10,24-25H,11H2,1-2H3,(H,23,26)/b21-10-. The molecule has 1 aromatic heterocycles. The van der Waals surface area contributed by atoms with Gasteiger partial charge in [-0.05, 0) is 42.8 Å². The van der Waals surface area contributed by atoms with Crippen molar-refractivity contribution in [2.45, 2.75) is 11.8 Å². The van der Waals surface area contributed by atoms with Crippen molar-refractivity contribution in [3.63, 3.8) is 0 Å². The number of pyridine rings is 1. The van der Waals surface area contributed by atoms with E-state index < -0.39 is 0 Å². The maximum atomic E-state index is 12.1. The lowest BCUT2D eigenvalue weighted by molar-refractivity contribution is -0.118. The average Bonchev–Trinajstić information content (AvgIpc) is 2.68. The number of nitrogens with zero attached hydrogens (tertiary/aromatic N) is 2. The Kier molecular flexibility index (Phi) is 6.00. The summed E-state index contributed by atoms with van der Waals surface area (Å²) in [4.78, 5) is 17.6. The highest BCUT2D eigenvalue weighted by molar-refractivity contribution is 8.00. The SMILES string of the molecule is COc1cccc2c(SCC(=O)N/N=C\c3ccc(O)c(O)c3)cc(C)nc12. The van der Waals surface area contributed by atoms with Crippen LogP contribution >= 0.6 is 11.8 Å². The van der Waals surface area contributed by atoms with Crippen LogP contribution < -0.4 is 10.2 Å². The zero-order valence-corrected chi connectivity index (χ0v) is 16.2. The van der Waals surface area contributed by atoms with E-state index in [0.717, 1.165) is 21.5 Å². The summed E-state index contributed by atoms with van der Waals surface area (Å²) in [5, 5.41) is 23.5. The zero-order valence-electron chi connectivity index (χ0n) is 15.3. The predicted molar refractivity (Wildman–Crippen MR) is 109 cm³/mol. The maximum Gasteiger partial charge on any atom is 0.250 e. The molecule has 0 radical (unpaired) electrons. The van der Waals surface area contributed by atoms with E-state index in [1.54, 1.807) is 13.2 Å². The summed E-state index contributed by atoms with van der Waals surface area (Å²) in [6.45, 7) is 1.90. The number of phenolic OH excluding ortho intramolecular Hbond substituents is 2. The van der Waals surface area contributed by atoms with Gasteiger partial charge in [0, 0.05) is 16.0 Å². The summed E-state index contributed by atoms with van der Waals surface area (Å²) in [6, 6.07) is 11.9. The van der Waals surface area contributed by atoms with Gasteiger partial charge in [0.2, 0.25) is 5.91 Å². The second-order valence-corrected chi connectivity index (χ2v) is 6.97. The van der Waals surface area contributed by atoms with Gasteiger partial charge in [0.1, 0.15) is 11.3 Å². The number of rotatable bonds is 6. The second-order valence-electron chi connectivity index (χ2n) is 5.95. The number of phenols is 2. The van der Waals surface area contributed by atoms with Crippen molar-refractivity contribution in [2.24, 2.45) is 5.10 Å². The van der Waals surface area contributed by atoms with Gasteiger partial charge >= 0.3 is 0 Å². The number of amides is 1. The Balaban J connectivity index is 1.66. The number of carbonyl (C=O) groups is 1. The van der Waals surface area contributed by atoms with E-state index in [-0.39, 0.29) is 23.2 Å². The van der Waals surface area contributed by atoms with E-state index in [0.29, 0.717) is 11.3 Å². The third-order valence-electron chi connectivity index (χ3n) is 3.87. The van der Waals surface area contributed by atoms with Crippen LogP contribution in [0.1, 0.15) is 11.3 Å². The molecule has 0 atom stereocenters. The van der Waals surface area contributed by atoms with Crippen LogP contribution in [0.15, 0.2) is 52.5 Å². The van der Waals surface area contributed by atoms with E-state index in [1.807, 2.05) is 31.2 Å². The predicted octanol–water partition coefficient (Wildman–Crippen LogP) is 3.21. The fourth-order valence-electron chi connectivity index (χ4n) is 2.57. The van der Waals surface area contributed by atoms with E-state index in [1.165, 1.54) is 30.1 Å². The Morgan fingerprint density at radius 2 is 2.07 bits per heavy atom. The van der Waals surface area contributed by atoms with Crippen LogP contribution in [0.3, 0.4) is 0 Å². The minimum absolute atomic E-state index is 0.175. The second kappa shape index (κ2) is 8.62. The lowest BCUT2D eigenvalue weighted by Gasteiger charge is -2.10. The number of hydrogen-bond donors (Lipinski definition) is 3. The normalized spacial score (nSPS) is 11.1. The molecule has 0 saturated heterocycles. The molecule has 7 nitrogen and oxygen atoms in total. The number of hydrogen-bond acceptors (Lipinski definition) is 7. The Bertz CT molecular complexity index is 1050. The minimum Gasteiger partial charge on any atom is -0.504 e. The molecular formula is C20H19N3O4S. The summed E-state index contributed by atoms with van der Waals surface area (Å²) < 4.78 is 5.37. The quantitative estimate of drug-likeness (QED) is 0.255. The molecule has 3 rings (SSSR count). The number of methoxy groups -OCH3 is 1. The van der Waals surface area contributed by atoms with Gasteiger partial charge in [-0.1, -0.05) is 12.1 Å². The summed E-state index contributed by atoms with van der Waals surface area (Å²) >= 11 is 1.39. The van der Waals surface area contributed by atoms with Crippen LogP contribution in [0.2, 0.25) is 0 Å². The van der Waals surface area contributed by atoms with Crippen LogP contribution in [0.25, 0.3) is 10.9 Å². The lowest BCUT2D eigenvalue weighted by atomic mass is 10.2. The molecule has 144 valence electrons. The van der Waals surface area contributed by atoms with Crippen molar-refractivity contribution in [3.8, 4) is 17.2 Å². The summed E-state index contributed by atoms with van der Waals surface area (Å²) in [5.41, 5.74) is 4.59. The van der Waals surface area contributed by atoms with Crippen LogP contribution in [-0.2, 0) is 4.79 Å². The summed E-state index contributed by atoms with van der Waals surface area (Å²) in [6.07, 6.45) is 1.39. The van der Waals surface area contributed by atoms with Crippen LogP contribution in [-0.4, -0.2) is 40.2 Å². The molecule has 3 N–H and O–H groups in total. The zero-order chi connectivity index (χ0) is 20.1. The molecule has 0 unspecified atom stereocenters. The third kappa shape index (κ3) is 4.52. The molecule has 28 heavy (non-hydrogen) atoms. The Morgan fingerprint density at radius 3 is 2.82 bits per heavy atom. The van der Waals surface area contributed by atoms with Gasteiger partial charge in [0.25, 0.3) is 0 Å². The van der Waals surface area contributed by atoms with Gasteiger partial charge < -0.3 is 14.9 Å². The van der Waals surface area contributed by atoms with Crippen molar-refractivity contribution in [1.82, 2.24) is 10.4 Å². The van der Waals surface area contributed by atoms with Crippen molar-refractivity contribution < 1.29 is 19.7 Å². The topological polar surface area (TPSA) is 104 Å². The van der Waals surface area contributed by atoms with E-state index in [9.17, 15) is 15.0 Å². The number of fused-ring (bicyclic) bond motifs is 1. The van der Waals surface area contributed by atoms with Gasteiger partial charge in [-0.2, -0.15) is 5.10 Å². The minimum atomic E-state index is -0.269. The Morgan fingerprint density at radius 1 is 1.25 bits per heavy atom. The number of ether oxygens (including phenoxy) is 1. The highest BCUT2D eigenvalue weighted by Crippen LogP contribution is 2.32. The highest BCUT2D eigenvalue weighted by Gasteiger charge is 2.10. The number of benzene rings is 2. The summed E-state index contributed by atoms with van der Waals surface area (Å²) in [7, 11) is 1.60. The molecule has 0 aliphatic rings. The number of thioether (sulfide) groups is 1. The monoisotopic (exact) mass is 397 g/mol. The molecule has 0 saturated carbocycles. The average molecular weight is 397 g/mol. The molecule has 0 spiro atoms. The number of para-hydroxylation sites is 1. The van der Waals surface area contributed by atoms with Crippen molar-refractivity contribution >= 4 is 34.8 Å². The molecular weight excluding hydrogens is 378 g/mol. The molecule has 1 amide bonds. The van der Waals surface area contributed by atoms with Crippen LogP contribution in [0.5, 0.6) is 17.2 Å². The highest BCUT2D eigenvalue weighted by atomic mass is 32.2. The largest absolute Gasteiger partial charge is 0.504 e. The number of nitrogens with one attached hydrogen (secondary N) is 1. The number of hydrazone groups is 1. The fourth-order valence-corrected chi connectivity index (χ4v) is 3.50. The van der Waals surface area contributed by atoms with Gasteiger partial charge in [0.15, 0.2) is 11.5 Å². The number of aromatic nitrogens is 1. The van der Waals surface area contributed by atoms with Crippen molar-refractivity contribution in [2.75, 3.05) is 12.9 Å². The van der Waals surface area contributed by atoms with Gasteiger partial charge in [-0.3, -0.25) is 4.79 Å². The van der Waals surface area contributed by atoms with Crippen molar-refractivity contribution in [3.05, 3.63) is 53.7 Å². The van der Waals surface area contributed by atoms with E-state index >= 15 is 0 Å². The van der Waals surface area contributed by atoms with Crippen LogP contribution in [0.4, 0.5) is 0 Å². The number of aryl methyl sites for hydroxylation is 1. The molecule has 0 aliphatic heterocycles. The maximum absolute atomic E-state index is 12.1. The molecule has 2 aromatic carbocycles. The Labute approximate surface area is 166 Å². The molecule has 0 bridgehead atoms. The van der Waals surface area contributed by atoms with Gasteiger partial charge in [-0.15, -0.1) is 11.8 Å². The lowest BCUT2D eigenvalue weighted by Crippen LogP contribution is -2.19. The van der Waals surface area contributed by atoms with Gasteiger partial charge in [0.05, 0.1) is 19.1 Å².